The molecule has 0 aliphatic carbocycles. The number of nitrogens with zero attached hydrogens (tertiary/aromatic N) is 3. The maximum atomic E-state index is 5.88. The molecule has 5 heteroatoms. The van der Waals surface area contributed by atoms with Crippen molar-refractivity contribution >= 4 is 5.96 Å². The van der Waals surface area contributed by atoms with Gasteiger partial charge in [0.15, 0.2) is 5.96 Å². The highest BCUT2D eigenvalue weighted by Gasteiger charge is 2.27. The zero-order chi connectivity index (χ0) is 12.3. The Hall–Kier alpha value is -1.62. The summed E-state index contributed by atoms with van der Waals surface area (Å²) in [6.07, 6.45) is 1.90. The molecule has 1 aliphatic heterocycles. The van der Waals surface area contributed by atoms with E-state index in [1.807, 2.05) is 19.2 Å². The fourth-order valence-corrected chi connectivity index (χ4v) is 1.95. The van der Waals surface area contributed by atoms with E-state index < -0.39 is 0 Å². The lowest BCUT2D eigenvalue weighted by atomic mass is 10.1. The van der Waals surface area contributed by atoms with Gasteiger partial charge in [-0.05, 0) is 18.6 Å². The standard InChI is InChI=1S/C12H18N4O/c1-9-3-4-10(7-14-9)11-8-15-12(13)16(11)5-6-17-2/h3-4,7,11H,5-6,8H2,1-2H3,(H2,13,15). The number of pyridine rings is 1. The van der Waals surface area contributed by atoms with Crippen molar-refractivity contribution in [3.8, 4) is 0 Å². The van der Waals surface area contributed by atoms with Crippen LogP contribution in [0, 0.1) is 6.92 Å². The van der Waals surface area contributed by atoms with Gasteiger partial charge >= 0.3 is 0 Å². The monoisotopic (exact) mass is 234 g/mol. The number of methoxy groups -OCH3 is 1. The van der Waals surface area contributed by atoms with E-state index in [0.717, 1.165) is 17.8 Å². The number of guanidine groups is 1. The van der Waals surface area contributed by atoms with Gasteiger partial charge < -0.3 is 15.4 Å². The van der Waals surface area contributed by atoms with Crippen molar-refractivity contribution < 1.29 is 4.74 Å². The molecule has 0 aromatic carbocycles. The van der Waals surface area contributed by atoms with Crippen LogP contribution in [0.5, 0.6) is 0 Å². The molecular weight excluding hydrogens is 216 g/mol. The molecule has 1 aromatic rings. The minimum atomic E-state index is 0.193. The molecular formula is C12H18N4O. The molecule has 92 valence electrons. The van der Waals surface area contributed by atoms with Gasteiger partial charge in [0, 0.05) is 25.5 Å². The van der Waals surface area contributed by atoms with Gasteiger partial charge in [0.1, 0.15) is 0 Å². The summed E-state index contributed by atoms with van der Waals surface area (Å²) in [7, 11) is 1.69. The summed E-state index contributed by atoms with van der Waals surface area (Å²) in [6.45, 7) is 4.07. The number of nitrogens with two attached hydrogens (primary N) is 1. The van der Waals surface area contributed by atoms with Crippen molar-refractivity contribution in [3.05, 3.63) is 29.6 Å². The zero-order valence-electron chi connectivity index (χ0n) is 10.3. The quantitative estimate of drug-likeness (QED) is 0.833. The first-order valence-corrected chi connectivity index (χ1v) is 5.70. The summed E-state index contributed by atoms with van der Waals surface area (Å²) < 4.78 is 5.09. The summed E-state index contributed by atoms with van der Waals surface area (Å²) in [5, 5.41) is 0. The van der Waals surface area contributed by atoms with Crippen LogP contribution < -0.4 is 5.73 Å². The maximum Gasteiger partial charge on any atom is 0.192 e. The van der Waals surface area contributed by atoms with Crippen molar-refractivity contribution in [1.29, 1.82) is 0 Å². The Morgan fingerprint density at radius 3 is 3.00 bits per heavy atom. The van der Waals surface area contributed by atoms with E-state index in [9.17, 15) is 0 Å². The highest BCUT2D eigenvalue weighted by atomic mass is 16.5. The Kier molecular flexibility index (Phi) is 3.58. The van der Waals surface area contributed by atoms with Crippen molar-refractivity contribution in [2.45, 2.75) is 13.0 Å². The summed E-state index contributed by atoms with van der Waals surface area (Å²) >= 11 is 0. The van der Waals surface area contributed by atoms with Crippen LogP contribution in [0.15, 0.2) is 23.3 Å². The Labute approximate surface area is 101 Å². The fraction of sp³-hybridized carbons (Fsp3) is 0.500. The van der Waals surface area contributed by atoms with Crippen LogP contribution in [-0.2, 0) is 4.74 Å². The average molecular weight is 234 g/mol. The minimum absolute atomic E-state index is 0.193. The first-order chi connectivity index (χ1) is 8.22. The number of rotatable bonds is 4. The summed E-state index contributed by atoms with van der Waals surface area (Å²) in [5.74, 6) is 0.590. The van der Waals surface area contributed by atoms with E-state index >= 15 is 0 Å². The molecule has 0 spiro atoms. The van der Waals surface area contributed by atoms with Crippen molar-refractivity contribution in [2.24, 2.45) is 10.7 Å². The van der Waals surface area contributed by atoms with Crippen LogP contribution in [0.1, 0.15) is 17.3 Å². The van der Waals surface area contributed by atoms with Gasteiger partial charge in [-0.2, -0.15) is 0 Å². The van der Waals surface area contributed by atoms with Crippen molar-refractivity contribution in [3.63, 3.8) is 0 Å². The Balaban J connectivity index is 2.12. The molecule has 0 radical (unpaired) electrons. The lowest BCUT2D eigenvalue weighted by Crippen LogP contribution is -2.38. The Morgan fingerprint density at radius 1 is 1.53 bits per heavy atom. The molecule has 0 saturated heterocycles. The van der Waals surface area contributed by atoms with Crippen LogP contribution >= 0.6 is 0 Å². The molecule has 0 saturated carbocycles. The van der Waals surface area contributed by atoms with Crippen LogP contribution in [0.25, 0.3) is 0 Å². The molecule has 2 rings (SSSR count). The van der Waals surface area contributed by atoms with Gasteiger partial charge in [0.05, 0.1) is 19.2 Å². The van der Waals surface area contributed by atoms with E-state index in [-0.39, 0.29) is 6.04 Å². The molecule has 2 N–H and O–H groups in total. The minimum Gasteiger partial charge on any atom is -0.383 e. The molecule has 2 heterocycles. The van der Waals surface area contributed by atoms with Crippen LogP contribution in [0.3, 0.4) is 0 Å². The van der Waals surface area contributed by atoms with Crippen molar-refractivity contribution in [1.82, 2.24) is 9.88 Å². The van der Waals surface area contributed by atoms with Crippen molar-refractivity contribution in [2.75, 3.05) is 26.8 Å². The molecule has 1 atom stereocenters. The van der Waals surface area contributed by atoms with E-state index in [1.54, 1.807) is 7.11 Å². The number of aromatic nitrogens is 1. The molecule has 1 aliphatic rings. The predicted molar refractivity (Wildman–Crippen MR) is 66.8 cm³/mol. The van der Waals surface area contributed by atoms with E-state index in [0.29, 0.717) is 19.1 Å². The molecule has 0 fully saturated rings. The summed E-state index contributed by atoms with van der Waals surface area (Å²) in [6, 6.07) is 4.29. The first-order valence-electron chi connectivity index (χ1n) is 5.70. The van der Waals surface area contributed by atoms with E-state index in [2.05, 4.69) is 20.9 Å². The summed E-state index contributed by atoms with van der Waals surface area (Å²) in [4.78, 5) is 10.7. The molecule has 1 unspecified atom stereocenters. The van der Waals surface area contributed by atoms with E-state index in [4.69, 9.17) is 10.5 Å². The van der Waals surface area contributed by atoms with Crippen LogP contribution in [0.2, 0.25) is 0 Å². The highest BCUT2D eigenvalue weighted by Crippen LogP contribution is 2.24. The number of aryl methyl sites for hydroxylation is 1. The number of ether oxygens (including phenoxy) is 1. The SMILES string of the molecule is COCCN1C(N)=NCC1c1ccc(C)nc1. The van der Waals surface area contributed by atoms with Gasteiger partial charge in [-0.3, -0.25) is 9.98 Å². The largest absolute Gasteiger partial charge is 0.383 e. The Bertz CT molecular complexity index is 401. The van der Waals surface area contributed by atoms with Gasteiger partial charge in [-0.15, -0.1) is 0 Å². The molecule has 0 bridgehead atoms. The maximum absolute atomic E-state index is 5.88. The van der Waals surface area contributed by atoms with Crippen LogP contribution in [-0.4, -0.2) is 42.6 Å². The first kappa shape index (κ1) is 11.9. The fourth-order valence-electron chi connectivity index (χ4n) is 1.95. The third kappa shape index (κ3) is 2.55. The normalized spacial score (nSPS) is 19.5. The topological polar surface area (TPSA) is 63.7 Å². The lowest BCUT2D eigenvalue weighted by molar-refractivity contribution is 0.166. The van der Waals surface area contributed by atoms with E-state index in [1.165, 1.54) is 0 Å². The summed E-state index contributed by atoms with van der Waals surface area (Å²) in [5.41, 5.74) is 8.04. The average Bonchev–Trinajstić information content (AvgIpc) is 2.69. The van der Waals surface area contributed by atoms with Gasteiger partial charge in [-0.1, -0.05) is 6.07 Å². The lowest BCUT2D eigenvalue weighted by Gasteiger charge is -2.26. The number of hydrogen-bond donors (Lipinski definition) is 1. The zero-order valence-corrected chi connectivity index (χ0v) is 10.3. The second-order valence-electron chi connectivity index (χ2n) is 4.13. The highest BCUT2D eigenvalue weighted by molar-refractivity contribution is 5.80. The second kappa shape index (κ2) is 5.14. The third-order valence-electron chi connectivity index (χ3n) is 2.95. The predicted octanol–water partition coefficient (Wildman–Crippen LogP) is 0.708. The number of aliphatic imine (C=N–C) groups is 1. The molecule has 5 nitrogen and oxygen atoms in total. The third-order valence-corrected chi connectivity index (χ3v) is 2.95. The van der Waals surface area contributed by atoms with Crippen LogP contribution in [0.4, 0.5) is 0 Å². The van der Waals surface area contributed by atoms with Gasteiger partial charge in [0.2, 0.25) is 0 Å². The van der Waals surface area contributed by atoms with Gasteiger partial charge in [-0.25, -0.2) is 0 Å². The number of hydrogen-bond acceptors (Lipinski definition) is 5. The Morgan fingerprint density at radius 2 is 2.35 bits per heavy atom. The molecule has 1 aromatic heterocycles. The molecule has 17 heavy (non-hydrogen) atoms. The molecule has 0 amide bonds. The van der Waals surface area contributed by atoms with Gasteiger partial charge in [0.25, 0.3) is 0 Å². The smallest absolute Gasteiger partial charge is 0.192 e. The second-order valence-corrected chi connectivity index (χ2v) is 4.13.